The second-order valence-electron chi connectivity index (χ2n) is 8.10. The highest BCUT2D eigenvalue weighted by molar-refractivity contribution is 6.17. The Balaban J connectivity index is 1.65. The summed E-state index contributed by atoms with van der Waals surface area (Å²) in [6.07, 6.45) is 2.70. The summed E-state index contributed by atoms with van der Waals surface area (Å²) in [5.74, 6) is 0.776. The summed E-state index contributed by atoms with van der Waals surface area (Å²) in [5.41, 5.74) is 3.34. The molecule has 1 saturated carbocycles. The van der Waals surface area contributed by atoms with Gasteiger partial charge in [-0.15, -0.1) is 0 Å². The van der Waals surface area contributed by atoms with E-state index in [0.29, 0.717) is 0 Å². The van der Waals surface area contributed by atoms with E-state index in [1.54, 1.807) is 0 Å². The van der Waals surface area contributed by atoms with Gasteiger partial charge in [-0.1, -0.05) is 60.7 Å². The first-order valence-electron chi connectivity index (χ1n) is 10.5. The highest BCUT2D eigenvalue weighted by Crippen LogP contribution is 2.53. The highest BCUT2D eigenvalue weighted by atomic mass is 16.2. The van der Waals surface area contributed by atoms with E-state index in [1.807, 2.05) is 54.6 Å². The van der Waals surface area contributed by atoms with Crippen LogP contribution in [0, 0.1) is 5.92 Å². The Morgan fingerprint density at radius 1 is 0.900 bits per heavy atom. The molecule has 1 fully saturated rings. The standard InChI is InChI=1S/C25H22N4O/c30-24-20-14-9-17-25(20)28(22-16-8-7-15-21(22)26-24)23(18-10-3-1-4-11-18)27-29(25)19-12-5-2-6-13-19/h1-8,10-13,15-16,20H,9,14,17H2,(H,26,30)/t20-,25-/m1/s1. The molecule has 2 aliphatic heterocycles. The third-order valence-electron chi connectivity index (χ3n) is 6.51. The number of amidine groups is 1. The number of anilines is 3. The van der Waals surface area contributed by atoms with Crippen LogP contribution in [0.3, 0.4) is 0 Å². The third kappa shape index (κ3) is 2.29. The molecular formula is C25H22N4O. The van der Waals surface area contributed by atoms with E-state index in [1.165, 1.54) is 0 Å². The van der Waals surface area contributed by atoms with Crippen LogP contribution >= 0.6 is 0 Å². The molecule has 0 bridgehead atoms. The van der Waals surface area contributed by atoms with E-state index in [-0.39, 0.29) is 11.8 Å². The number of para-hydroxylation sites is 3. The van der Waals surface area contributed by atoms with Crippen LogP contribution in [-0.4, -0.2) is 17.4 Å². The van der Waals surface area contributed by atoms with Crippen LogP contribution in [0.25, 0.3) is 0 Å². The van der Waals surface area contributed by atoms with Crippen molar-refractivity contribution in [2.24, 2.45) is 11.0 Å². The molecule has 2 heterocycles. The minimum atomic E-state index is -0.552. The van der Waals surface area contributed by atoms with Crippen molar-refractivity contribution in [1.29, 1.82) is 0 Å². The molecule has 1 N–H and O–H groups in total. The Morgan fingerprint density at radius 3 is 2.40 bits per heavy atom. The molecule has 1 aliphatic carbocycles. The van der Waals surface area contributed by atoms with Gasteiger partial charge in [0.1, 0.15) is 0 Å². The van der Waals surface area contributed by atoms with Crippen molar-refractivity contribution < 1.29 is 4.79 Å². The molecule has 5 heteroatoms. The Morgan fingerprint density at radius 2 is 1.60 bits per heavy atom. The minimum absolute atomic E-state index is 0.0768. The Labute approximate surface area is 175 Å². The number of benzene rings is 3. The Kier molecular flexibility index (Phi) is 3.72. The summed E-state index contributed by atoms with van der Waals surface area (Å²) in [5, 5.41) is 10.5. The number of hydrogen-bond acceptors (Lipinski definition) is 4. The van der Waals surface area contributed by atoms with Gasteiger partial charge in [-0.05, 0) is 43.5 Å². The van der Waals surface area contributed by atoms with E-state index < -0.39 is 5.66 Å². The molecule has 1 spiro atoms. The van der Waals surface area contributed by atoms with E-state index in [9.17, 15) is 4.79 Å². The number of carbonyl (C=O) groups excluding carboxylic acids is 1. The van der Waals surface area contributed by atoms with Crippen molar-refractivity contribution >= 4 is 28.8 Å². The molecule has 0 aromatic heterocycles. The summed E-state index contributed by atoms with van der Waals surface area (Å²) >= 11 is 0. The lowest BCUT2D eigenvalue weighted by Crippen LogP contribution is -2.60. The van der Waals surface area contributed by atoms with Gasteiger partial charge in [0.25, 0.3) is 0 Å². The van der Waals surface area contributed by atoms with Crippen LogP contribution in [0.4, 0.5) is 17.1 Å². The van der Waals surface area contributed by atoms with Crippen LogP contribution < -0.4 is 15.2 Å². The fourth-order valence-corrected chi connectivity index (χ4v) is 5.28. The molecule has 6 rings (SSSR count). The third-order valence-corrected chi connectivity index (χ3v) is 6.51. The van der Waals surface area contributed by atoms with Crippen LogP contribution in [-0.2, 0) is 4.79 Å². The summed E-state index contributed by atoms with van der Waals surface area (Å²) < 4.78 is 0. The van der Waals surface area contributed by atoms with Crippen molar-refractivity contribution in [3.63, 3.8) is 0 Å². The summed E-state index contributed by atoms with van der Waals surface area (Å²) in [4.78, 5) is 15.7. The molecule has 3 aliphatic rings. The van der Waals surface area contributed by atoms with Crippen molar-refractivity contribution in [1.82, 2.24) is 0 Å². The zero-order valence-electron chi connectivity index (χ0n) is 16.5. The number of nitrogens with one attached hydrogen (secondary N) is 1. The van der Waals surface area contributed by atoms with Crippen LogP contribution in [0.15, 0.2) is 90.0 Å². The van der Waals surface area contributed by atoms with Crippen LogP contribution in [0.5, 0.6) is 0 Å². The second-order valence-corrected chi connectivity index (χ2v) is 8.10. The van der Waals surface area contributed by atoms with E-state index in [4.69, 9.17) is 5.10 Å². The maximum absolute atomic E-state index is 13.4. The van der Waals surface area contributed by atoms with Crippen LogP contribution in [0.1, 0.15) is 24.8 Å². The quantitative estimate of drug-likeness (QED) is 0.678. The molecule has 148 valence electrons. The summed E-state index contributed by atoms with van der Waals surface area (Å²) in [6, 6.07) is 28.6. The fraction of sp³-hybridized carbons (Fsp3) is 0.200. The van der Waals surface area contributed by atoms with Crippen molar-refractivity contribution in [2.45, 2.75) is 24.9 Å². The van der Waals surface area contributed by atoms with Gasteiger partial charge < -0.3 is 5.32 Å². The van der Waals surface area contributed by atoms with E-state index in [2.05, 4.69) is 45.6 Å². The molecule has 1 amide bonds. The second kappa shape index (κ2) is 6.46. The average molecular weight is 394 g/mol. The molecule has 0 saturated heterocycles. The topological polar surface area (TPSA) is 47.9 Å². The largest absolute Gasteiger partial charge is 0.324 e. The van der Waals surface area contributed by atoms with Crippen molar-refractivity contribution in [2.75, 3.05) is 15.2 Å². The monoisotopic (exact) mass is 394 g/mol. The first-order chi connectivity index (χ1) is 14.8. The van der Waals surface area contributed by atoms with Gasteiger partial charge in [-0.2, -0.15) is 5.10 Å². The van der Waals surface area contributed by atoms with Crippen molar-refractivity contribution in [3.05, 3.63) is 90.5 Å². The first kappa shape index (κ1) is 17.3. The van der Waals surface area contributed by atoms with Gasteiger partial charge in [0, 0.05) is 5.56 Å². The van der Waals surface area contributed by atoms with Gasteiger partial charge in [0.05, 0.1) is 23.0 Å². The number of carbonyl (C=O) groups is 1. The summed E-state index contributed by atoms with van der Waals surface area (Å²) in [6.45, 7) is 0. The maximum atomic E-state index is 13.4. The van der Waals surface area contributed by atoms with Gasteiger partial charge in [-0.25, -0.2) is 5.01 Å². The smallest absolute Gasteiger partial charge is 0.231 e. The minimum Gasteiger partial charge on any atom is -0.324 e. The molecule has 5 nitrogen and oxygen atoms in total. The predicted molar refractivity (Wildman–Crippen MR) is 120 cm³/mol. The maximum Gasteiger partial charge on any atom is 0.231 e. The highest BCUT2D eigenvalue weighted by Gasteiger charge is 2.61. The lowest BCUT2D eigenvalue weighted by Gasteiger charge is -2.44. The molecule has 3 aromatic carbocycles. The number of hydrazone groups is 1. The molecule has 3 aromatic rings. The normalized spacial score (nSPS) is 24.5. The lowest BCUT2D eigenvalue weighted by atomic mass is 9.92. The Hall–Kier alpha value is -3.60. The zero-order valence-corrected chi connectivity index (χ0v) is 16.5. The first-order valence-corrected chi connectivity index (χ1v) is 10.5. The molecular weight excluding hydrogens is 372 g/mol. The van der Waals surface area contributed by atoms with Gasteiger partial charge in [0.2, 0.25) is 5.91 Å². The van der Waals surface area contributed by atoms with E-state index in [0.717, 1.165) is 47.7 Å². The SMILES string of the molecule is O=C1Nc2ccccc2N2C(c3ccccc3)=NN(c3ccccc3)[C@@]23CCC[C@H]13. The fourth-order valence-electron chi connectivity index (χ4n) is 5.28. The molecule has 30 heavy (non-hydrogen) atoms. The number of nitrogens with zero attached hydrogens (tertiary/aromatic N) is 3. The van der Waals surface area contributed by atoms with Gasteiger partial charge in [-0.3, -0.25) is 9.69 Å². The number of fused-ring (bicyclic) bond motifs is 2. The zero-order chi connectivity index (χ0) is 20.1. The predicted octanol–water partition coefficient (Wildman–Crippen LogP) is 4.82. The van der Waals surface area contributed by atoms with Crippen LogP contribution in [0.2, 0.25) is 0 Å². The van der Waals surface area contributed by atoms with Gasteiger partial charge >= 0.3 is 0 Å². The summed E-state index contributed by atoms with van der Waals surface area (Å²) in [7, 11) is 0. The number of rotatable bonds is 2. The number of amides is 1. The van der Waals surface area contributed by atoms with Crippen molar-refractivity contribution in [3.8, 4) is 0 Å². The number of hydrogen-bond donors (Lipinski definition) is 1. The Bertz CT molecular complexity index is 1140. The molecule has 2 atom stereocenters. The molecule has 0 radical (unpaired) electrons. The van der Waals surface area contributed by atoms with Gasteiger partial charge in [0.15, 0.2) is 11.5 Å². The van der Waals surface area contributed by atoms with E-state index >= 15 is 0 Å². The lowest BCUT2D eigenvalue weighted by molar-refractivity contribution is -0.121. The molecule has 0 unspecified atom stereocenters. The average Bonchev–Trinajstić information content (AvgIpc) is 3.36.